The fourth-order valence-corrected chi connectivity index (χ4v) is 1.56. The lowest BCUT2D eigenvalue weighted by Crippen LogP contribution is -2.24. The minimum atomic E-state index is -0.0329. The average molecular weight is 204 g/mol. The highest BCUT2D eigenvalue weighted by atomic mass is 16.1. The second-order valence-corrected chi connectivity index (χ2v) is 3.27. The number of anilines is 1. The summed E-state index contributed by atoms with van der Waals surface area (Å²) in [7, 11) is 0. The lowest BCUT2D eigenvalue weighted by Gasteiger charge is -2.13. The molecule has 1 amide bonds. The summed E-state index contributed by atoms with van der Waals surface area (Å²) in [5.74, 6) is 5.66. The Bertz CT molecular complexity index is 427. The molecule has 0 saturated heterocycles. The van der Waals surface area contributed by atoms with Gasteiger partial charge in [0.25, 0.3) is 5.91 Å². The minimum Gasteiger partial charge on any atom is -0.403 e. The molecule has 5 nitrogen and oxygen atoms in total. The molecule has 0 bridgehead atoms. The van der Waals surface area contributed by atoms with Gasteiger partial charge in [-0.05, 0) is 23.8 Å². The topological polar surface area (TPSA) is 84.4 Å². The molecule has 5 heteroatoms. The van der Waals surface area contributed by atoms with E-state index in [4.69, 9.17) is 11.6 Å². The Morgan fingerprint density at radius 1 is 1.47 bits per heavy atom. The molecule has 0 radical (unpaired) electrons. The number of carbonyl (C=O) groups excluding carboxylic acids is 1. The number of carbonyl (C=O) groups is 1. The summed E-state index contributed by atoms with van der Waals surface area (Å²) < 4.78 is 0. The van der Waals surface area contributed by atoms with E-state index in [0.717, 1.165) is 11.3 Å². The Hall–Kier alpha value is -2.01. The maximum atomic E-state index is 11.3. The second kappa shape index (κ2) is 3.62. The summed E-state index contributed by atoms with van der Waals surface area (Å²) >= 11 is 0. The lowest BCUT2D eigenvalue weighted by atomic mass is 10.1. The first-order valence-corrected chi connectivity index (χ1v) is 4.56. The van der Waals surface area contributed by atoms with Gasteiger partial charge in [-0.15, -0.1) is 0 Å². The van der Waals surface area contributed by atoms with E-state index < -0.39 is 0 Å². The van der Waals surface area contributed by atoms with Crippen molar-refractivity contribution in [1.29, 1.82) is 0 Å². The SMILES string of the molecule is N/C=C\N(N)c1ccc2c(c1)CNC2=O. The van der Waals surface area contributed by atoms with Crippen molar-refractivity contribution in [2.45, 2.75) is 6.54 Å². The van der Waals surface area contributed by atoms with Crippen LogP contribution in [0.25, 0.3) is 0 Å². The Balaban J connectivity index is 2.34. The van der Waals surface area contributed by atoms with Gasteiger partial charge >= 0.3 is 0 Å². The van der Waals surface area contributed by atoms with E-state index in [-0.39, 0.29) is 5.91 Å². The number of nitrogens with one attached hydrogen (secondary N) is 1. The number of amides is 1. The van der Waals surface area contributed by atoms with Gasteiger partial charge in [-0.3, -0.25) is 9.80 Å². The van der Waals surface area contributed by atoms with Crippen molar-refractivity contribution >= 4 is 11.6 Å². The average Bonchev–Trinajstić information content (AvgIpc) is 2.60. The standard InChI is InChI=1S/C10H12N4O/c11-3-4-14(12)8-1-2-9-7(5-8)6-13-10(9)15/h1-5H,6,11-12H2,(H,13,15)/b4-3-. The third kappa shape index (κ3) is 1.64. The number of nitrogens with zero attached hydrogens (tertiary/aromatic N) is 1. The summed E-state index contributed by atoms with van der Waals surface area (Å²) in [6.45, 7) is 0.558. The van der Waals surface area contributed by atoms with Crippen molar-refractivity contribution < 1.29 is 4.79 Å². The van der Waals surface area contributed by atoms with Crippen molar-refractivity contribution in [1.82, 2.24) is 5.32 Å². The second-order valence-electron chi connectivity index (χ2n) is 3.27. The largest absolute Gasteiger partial charge is 0.403 e. The van der Waals surface area contributed by atoms with Crippen LogP contribution >= 0.6 is 0 Å². The van der Waals surface area contributed by atoms with Crippen LogP contribution in [0.15, 0.2) is 30.6 Å². The Kier molecular flexibility index (Phi) is 2.31. The van der Waals surface area contributed by atoms with Gasteiger partial charge < -0.3 is 11.1 Å². The van der Waals surface area contributed by atoms with Gasteiger partial charge in [-0.1, -0.05) is 0 Å². The van der Waals surface area contributed by atoms with Crippen LogP contribution in [0.2, 0.25) is 0 Å². The van der Waals surface area contributed by atoms with Crippen LogP contribution in [-0.2, 0) is 6.54 Å². The minimum absolute atomic E-state index is 0.0329. The van der Waals surface area contributed by atoms with Crippen molar-refractivity contribution in [3.05, 3.63) is 41.7 Å². The number of nitrogens with two attached hydrogens (primary N) is 2. The Labute approximate surface area is 87.3 Å². The van der Waals surface area contributed by atoms with Crippen molar-refractivity contribution in [3.63, 3.8) is 0 Å². The molecule has 0 saturated carbocycles. The number of benzene rings is 1. The molecule has 2 rings (SSSR count). The summed E-state index contributed by atoms with van der Waals surface area (Å²) in [5.41, 5.74) is 7.70. The van der Waals surface area contributed by atoms with Gasteiger partial charge in [0, 0.05) is 24.5 Å². The molecule has 0 fully saturated rings. The fourth-order valence-electron chi connectivity index (χ4n) is 1.56. The third-order valence-corrected chi connectivity index (χ3v) is 2.32. The van der Waals surface area contributed by atoms with Crippen molar-refractivity contribution in [3.8, 4) is 0 Å². The number of rotatable bonds is 2. The van der Waals surface area contributed by atoms with Gasteiger partial charge in [-0.25, -0.2) is 5.84 Å². The van der Waals surface area contributed by atoms with Crippen LogP contribution in [0.5, 0.6) is 0 Å². The normalized spacial score (nSPS) is 14.1. The maximum Gasteiger partial charge on any atom is 0.251 e. The molecule has 0 spiro atoms. The zero-order chi connectivity index (χ0) is 10.8. The first kappa shape index (κ1) is 9.54. The fraction of sp³-hybridized carbons (Fsp3) is 0.100. The number of hydrogen-bond acceptors (Lipinski definition) is 4. The molecule has 1 aliphatic heterocycles. The highest BCUT2D eigenvalue weighted by Crippen LogP contribution is 2.21. The van der Waals surface area contributed by atoms with Crippen LogP contribution in [0.4, 0.5) is 5.69 Å². The van der Waals surface area contributed by atoms with E-state index in [0.29, 0.717) is 12.1 Å². The van der Waals surface area contributed by atoms with Gasteiger partial charge in [0.15, 0.2) is 0 Å². The summed E-state index contributed by atoms with van der Waals surface area (Å²) in [6, 6.07) is 5.41. The molecule has 15 heavy (non-hydrogen) atoms. The summed E-state index contributed by atoms with van der Waals surface area (Å²) in [4.78, 5) is 11.3. The molecule has 78 valence electrons. The molecule has 0 aliphatic carbocycles. The highest BCUT2D eigenvalue weighted by Gasteiger charge is 2.18. The van der Waals surface area contributed by atoms with Crippen LogP contribution in [0.1, 0.15) is 15.9 Å². The van der Waals surface area contributed by atoms with Gasteiger partial charge in [-0.2, -0.15) is 0 Å². The predicted molar refractivity (Wildman–Crippen MR) is 57.6 cm³/mol. The van der Waals surface area contributed by atoms with Crippen LogP contribution in [-0.4, -0.2) is 5.91 Å². The first-order chi connectivity index (χ1) is 7.22. The van der Waals surface area contributed by atoms with Crippen molar-refractivity contribution in [2.75, 3.05) is 5.01 Å². The predicted octanol–water partition coefficient (Wildman–Crippen LogP) is 0.0400. The van der Waals surface area contributed by atoms with Gasteiger partial charge in [0.2, 0.25) is 0 Å². The molecule has 5 N–H and O–H groups in total. The smallest absolute Gasteiger partial charge is 0.251 e. The number of hydrogen-bond donors (Lipinski definition) is 3. The van der Waals surface area contributed by atoms with E-state index in [1.165, 1.54) is 11.2 Å². The monoisotopic (exact) mass is 204 g/mol. The van der Waals surface area contributed by atoms with E-state index >= 15 is 0 Å². The zero-order valence-corrected chi connectivity index (χ0v) is 8.10. The van der Waals surface area contributed by atoms with Crippen LogP contribution < -0.4 is 21.9 Å². The van der Waals surface area contributed by atoms with E-state index in [1.54, 1.807) is 18.3 Å². The first-order valence-electron chi connectivity index (χ1n) is 4.56. The van der Waals surface area contributed by atoms with Crippen LogP contribution in [0, 0.1) is 0 Å². The molecule has 1 aliphatic rings. The molecule has 1 heterocycles. The Morgan fingerprint density at radius 3 is 3.00 bits per heavy atom. The van der Waals surface area contributed by atoms with Crippen LogP contribution in [0.3, 0.4) is 0 Å². The zero-order valence-electron chi connectivity index (χ0n) is 8.10. The number of fused-ring (bicyclic) bond motifs is 1. The van der Waals surface area contributed by atoms with Crippen molar-refractivity contribution in [2.24, 2.45) is 11.6 Å². The lowest BCUT2D eigenvalue weighted by molar-refractivity contribution is 0.0966. The van der Waals surface area contributed by atoms with E-state index in [1.807, 2.05) is 6.07 Å². The maximum absolute atomic E-state index is 11.3. The molecular formula is C10H12N4O. The summed E-state index contributed by atoms with van der Waals surface area (Å²) in [5, 5.41) is 4.15. The van der Waals surface area contributed by atoms with E-state index in [2.05, 4.69) is 5.32 Å². The highest BCUT2D eigenvalue weighted by molar-refractivity contribution is 5.98. The molecule has 0 unspecified atom stereocenters. The number of hydrazine groups is 1. The quantitative estimate of drug-likeness (QED) is 0.469. The molecule has 1 aromatic rings. The summed E-state index contributed by atoms with van der Waals surface area (Å²) in [6.07, 6.45) is 2.91. The van der Waals surface area contributed by atoms with E-state index in [9.17, 15) is 4.79 Å². The molecular weight excluding hydrogens is 192 g/mol. The molecule has 0 aromatic heterocycles. The molecule has 1 aromatic carbocycles. The third-order valence-electron chi connectivity index (χ3n) is 2.32. The molecule has 0 atom stereocenters. The Morgan fingerprint density at radius 2 is 2.27 bits per heavy atom. The van der Waals surface area contributed by atoms with Gasteiger partial charge in [0.1, 0.15) is 0 Å². The van der Waals surface area contributed by atoms with Gasteiger partial charge in [0.05, 0.1) is 5.69 Å².